The Balaban J connectivity index is 3.00. The van der Waals surface area contributed by atoms with Crippen LogP contribution in [0.4, 0.5) is 0 Å². The van der Waals surface area contributed by atoms with E-state index in [9.17, 15) is 14.4 Å². The number of hydrogen-bond donors (Lipinski definition) is 0. The molecule has 0 heterocycles. The van der Waals surface area contributed by atoms with Gasteiger partial charge in [-0.25, -0.2) is 0 Å². The lowest BCUT2D eigenvalue weighted by molar-refractivity contribution is -0.148. The van der Waals surface area contributed by atoms with Crippen LogP contribution in [0.25, 0.3) is 0 Å². The van der Waals surface area contributed by atoms with Crippen LogP contribution in [0.5, 0.6) is 0 Å². The molecule has 1 aliphatic carbocycles. The second kappa shape index (κ2) is 6.90. The van der Waals surface area contributed by atoms with E-state index in [1.807, 2.05) is 0 Å². The van der Waals surface area contributed by atoms with E-state index in [0.29, 0.717) is 17.8 Å². The SMILES string of the molecule is CC(=O)OCC1CC=C(OC(=O)C(C)(C)C)C(=C(C)C)C1=O. The van der Waals surface area contributed by atoms with Crippen molar-refractivity contribution in [2.75, 3.05) is 6.61 Å². The van der Waals surface area contributed by atoms with Crippen LogP contribution in [0.15, 0.2) is 23.0 Å². The molecule has 0 fully saturated rings. The summed E-state index contributed by atoms with van der Waals surface area (Å²) < 4.78 is 10.3. The van der Waals surface area contributed by atoms with Gasteiger partial charge in [0.25, 0.3) is 0 Å². The van der Waals surface area contributed by atoms with Gasteiger partial charge in [0.15, 0.2) is 5.78 Å². The molecule has 5 heteroatoms. The number of ketones is 1. The largest absolute Gasteiger partial charge is 0.465 e. The van der Waals surface area contributed by atoms with Gasteiger partial charge in [0.05, 0.1) is 16.9 Å². The van der Waals surface area contributed by atoms with Crippen molar-refractivity contribution >= 4 is 17.7 Å². The fourth-order valence-electron chi connectivity index (χ4n) is 1.98. The Labute approximate surface area is 131 Å². The maximum atomic E-state index is 12.5. The van der Waals surface area contributed by atoms with Crippen molar-refractivity contribution in [2.24, 2.45) is 11.3 Å². The Morgan fingerprint density at radius 1 is 1.23 bits per heavy atom. The summed E-state index contributed by atoms with van der Waals surface area (Å²) in [5, 5.41) is 0. The molecule has 1 unspecified atom stereocenters. The normalized spacial score (nSPS) is 18.6. The van der Waals surface area contributed by atoms with Crippen LogP contribution in [-0.2, 0) is 23.9 Å². The molecule has 22 heavy (non-hydrogen) atoms. The third-order valence-electron chi connectivity index (χ3n) is 3.25. The molecule has 1 rings (SSSR count). The highest BCUT2D eigenvalue weighted by Crippen LogP contribution is 2.31. The first-order chi connectivity index (χ1) is 10.0. The molecule has 0 bridgehead atoms. The molecule has 122 valence electrons. The molecule has 0 aromatic carbocycles. The van der Waals surface area contributed by atoms with Gasteiger partial charge in [-0.05, 0) is 47.1 Å². The van der Waals surface area contributed by atoms with Crippen molar-refractivity contribution in [3.8, 4) is 0 Å². The summed E-state index contributed by atoms with van der Waals surface area (Å²) in [7, 11) is 0. The molecule has 1 atom stereocenters. The van der Waals surface area contributed by atoms with Gasteiger partial charge in [-0.15, -0.1) is 0 Å². The molecule has 5 nitrogen and oxygen atoms in total. The van der Waals surface area contributed by atoms with Gasteiger partial charge >= 0.3 is 11.9 Å². The number of carbonyl (C=O) groups excluding carboxylic acids is 3. The van der Waals surface area contributed by atoms with E-state index in [0.717, 1.165) is 5.57 Å². The van der Waals surface area contributed by atoms with Gasteiger partial charge in [0, 0.05) is 6.92 Å². The van der Waals surface area contributed by atoms with Crippen LogP contribution < -0.4 is 0 Å². The smallest absolute Gasteiger partial charge is 0.316 e. The monoisotopic (exact) mass is 308 g/mol. The number of allylic oxidation sites excluding steroid dienone is 3. The third-order valence-corrected chi connectivity index (χ3v) is 3.25. The first-order valence-electron chi connectivity index (χ1n) is 7.32. The van der Waals surface area contributed by atoms with Gasteiger partial charge < -0.3 is 9.47 Å². The van der Waals surface area contributed by atoms with Crippen LogP contribution >= 0.6 is 0 Å². The zero-order chi connectivity index (χ0) is 17.1. The summed E-state index contributed by atoms with van der Waals surface area (Å²) in [6, 6.07) is 0. The number of esters is 2. The van der Waals surface area contributed by atoms with E-state index in [4.69, 9.17) is 9.47 Å². The molecule has 0 spiro atoms. The predicted molar refractivity (Wildman–Crippen MR) is 81.8 cm³/mol. The van der Waals surface area contributed by atoms with E-state index in [2.05, 4.69) is 0 Å². The average Bonchev–Trinajstić information content (AvgIpc) is 2.35. The molecule has 0 saturated heterocycles. The van der Waals surface area contributed by atoms with Crippen LogP contribution in [0.2, 0.25) is 0 Å². The Kier molecular flexibility index (Phi) is 5.69. The van der Waals surface area contributed by atoms with Gasteiger partial charge in [0.1, 0.15) is 12.4 Å². The second-order valence-electron chi connectivity index (χ2n) is 6.68. The number of hydrogen-bond acceptors (Lipinski definition) is 5. The van der Waals surface area contributed by atoms with Crippen molar-refractivity contribution in [2.45, 2.75) is 48.0 Å². The summed E-state index contributed by atoms with van der Waals surface area (Å²) in [5.74, 6) is -1.07. The van der Waals surface area contributed by atoms with E-state index in [1.165, 1.54) is 6.92 Å². The minimum atomic E-state index is -0.648. The first kappa shape index (κ1) is 18.1. The molecule has 0 amide bonds. The van der Waals surface area contributed by atoms with Crippen molar-refractivity contribution in [1.29, 1.82) is 0 Å². The highest BCUT2D eigenvalue weighted by molar-refractivity contribution is 6.03. The predicted octanol–water partition coefficient (Wildman–Crippen LogP) is 2.95. The van der Waals surface area contributed by atoms with Crippen LogP contribution in [0.1, 0.15) is 48.0 Å². The fraction of sp³-hybridized carbons (Fsp3) is 0.588. The van der Waals surface area contributed by atoms with E-state index in [1.54, 1.807) is 40.7 Å². The molecule has 0 N–H and O–H groups in total. The molecule has 0 aromatic heterocycles. The first-order valence-corrected chi connectivity index (χ1v) is 7.32. The quantitative estimate of drug-likeness (QED) is 0.592. The summed E-state index contributed by atoms with van der Waals surface area (Å²) in [6.45, 7) is 10.2. The van der Waals surface area contributed by atoms with Crippen LogP contribution in [0, 0.1) is 11.3 Å². The summed E-state index contributed by atoms with van der Waals surface area (Å²) in [6.07, 6.45) is 2.11. The number of ether oxygens (including phenoxy) is 2. The van der Waals surface area contributed by atoms with Gasteiger partial charge in [-0.1, -0.05) is 5.57 Å². The molecule has 0 radical (unpaired) electrons. The van der Waals surface area contributed by atoms with Crippen LogP contribution in [0.3, 0.4) is 0 Å². The lowest BCUT2D eigenvalue weighted by Crippen LogP contribution is -2.30. The van der Waals surface area contributed by atoms with E-state index < -0.39 is 17.3 Å². The summed E-state index contributed by atoms with van der Waals surface area (Å²) in [5.41, 5.74) is 0.525. The molecule has 0 saturated carbocycles. The van der Waals surface area contributed by atoms with Crippen molar-refractivity contribution < 1.29 is 23.9 Å². The van der Waals surface area contributed by atoms with Crippen LogP contribution in [-0.4, -0.2) is 24.3 Å². The number of Topliss-reactive ketones (excluding diaryl/α,β-unsaturated/α-hetero) is 1. The Morgan fingerprint density at radius 3 is 2.27 bits per heavy atom. The highest BCUT2D eigenvalue weighted by atomic mass is 16.5. The number of rotatable bonds is 3. The molecular weight excluding hydrogens is 284 g/mol. The molecule has 1 aliphatic rings. The Morgan fingerprint density at radius 2 is 1.82 bits per heavy atom. The maximum Gasteiger partial charge on any atom is 0.316 e. The highest BCUT2D eigenvalue weighted by Gasteiger charge is 2.33. The maximum absolute atomic E-state index is 12.5. The van der Waals surface area contributed by atoms with Crippen molar-refractivity contribution in [3.63, 3.8) is 0 Å². The van der Waals surface area contributed by atoms with Crippen molar-refractivity contribution in [3.05, 3.63) is 23.0 Å². The minimum absolute atomic E-state index is 0.0436. The minimum Gasteiger partial charge on any atom is -0.465 e. The second-order valence-corrected chi connectivity index (χ2v) is 6.68. The zero-order valence-corrected chi connectivity index (χ0v) is 14.1. The average molecular weight is 308 g/mol. The van der Waals surface area contributed by atoms with Gasteiger partial charge in [-0.2, -0.15) is 0 Å². The third kappa shape index (κ3) is 4.55. The Hall–Kier alpha value is -1.91. The lowest BCUT2D eigenvalue weighted by atomic mass is 9.86. The fourth-order valence-corrected chi connectivity index (χ4v) is 1.98. The van der Waals surface area contributed by atoms with E-state index >= 15 is 0 Å². The van der Waals surface area contributed by atoms with Crippen molar-refractivity contribution in [1.82, 2.24) is 0 Å². The van der Waals surface area contributed by atoms with Gasteiger partial charge in [0.2, 0.25) is 0 Å². The van der Waals surface area contributed by atoms with Gasteiger partial charge in [-0.3, -0.25) is 14.4 Å². The molecule has 0 aliphatic heterocycles. The Bertz CT molecular complexity index is 542. The lowest BCUT2D eigenvalue weighted by Gasteiger charge is -2.25. The standard InChI is InChI=1S/C17H24O5/c1-10(2)14-13(22-16(20)17(4,5)6)8-7-12(15(14)19)9-21-11(3)18/h8,12H,7,9H2,1-6H3. The molecular formula is C17H24O5. The zero-order valence-electron chi connectivity index (χ0n) is 14.1. The topological polar surface area (TPSA) is 69.7 Å². The summed E-state index contributed by atoms with van der Waals surface area (Å²) in [4.78, 5) is 35.5. The summed E-state index contributed by atoms with van der Waals surface area (Å²) >= 11 is 0. The molecule has 0 aromatic rings. The van der Waals surface area contributed by atoms with E-state index in [-0.39, 0.29) is 18.4 Å². The number of carbonyl (C=O) groups is 3.